The van der Waals surface area contributed by atoms with E-state index in [9.17, 15) is 0 Å². The first kappa shape index (κ1) is 12.9. The monoisotopic (exact) mass is 286 g/mol. The molecule has 2 N–H and O–H groups in total. The van der Waals surface area contributed by atoms with E-state index in [0.29, 0.717) is 17.3 Å². The van der Waals surface area contributed by atoms with Gasteiger partial charge in [0, 0.05) is 30.1 Å². The molecule has 2 aromatic heterocycles. The summed E-state index contributed by atoms with van der Waals surface area (Å²) in [6, 6.07) is 10.1. The van der Waals surface area contributed by atoms with Crippen LogP contribution in [0.4, 0.5) is 5.82 Å². The smallest absolute Gasteiger partial charge is 0.127 e. The molecule has 0 spiro atoms. The van der Waals surface area contributed by atoms with E-state index in [-0.39, 0.29) is 0 Å². The molecule has 20 heavy (non-hydrogen) atoms. The standard InChI is InChI=1S/C15H15ClN4/c1-2-20-14-6-4-3-5-12(14)13(19-20)8-10-7-11(16)9-18-15(10)17/h3-7,9H,2,8H2,1H3,(H2,17,18). The van der Waals surface area contributed by atoms with E-state index < -0.39 is 0 Å². The SMILES string of the molecule is CCn1nc(Cc2cc(Cl)cnc2N)c2ccccc21. The third-order valence-electron chi connectivity index (χ3n) is 3.36. The molecular weight excluding hydrogens is 272 g/mol. The van der Waals surface area contributed by atoms with Crippen LogP contribution in [0.25, 0.3) is 10.9 Å². The first-order valence-corrected chi connectivity index (χ1v) is 6.91. The van der Waals surface area contributed by atoms with Crippen molar-refractivity contribution < 1.29 is 0 Å². The number of hydrogen-bond donors (Lipinski definition) is 1. The van der Waals surface area contributed by atoms with Crippen molar-refractivity contribution in [2.45, 2.75) is 19.9 Å². The maximum absolute atomic E-state index is 5.99. The van der Waals surface area contributed by atoms with Crippen LogP contribution in [0.1, 0.15) is 18.2 Å². The Bertz CT molecular complexity index is 764. The second kappa shape index (κ2) is 5.13. The maximum atomic E-state index is 5.99. The number of nitrogen functional groups attached to an aromatic ring is 1. The number of fused-ring (bicyclic) bond motifs is 1. The van der Waals surface area contributed by atoms with E-state index >= 15 is 0 Å². The van der Waals surface area contributed by atoms with Crippen molar-refractivity contribution >= 4 is 28.3 Å². The summed E-state index contributed by atoms with van der Waals surface area (Å²) >= 11 is 5.99. The van der Waals surface area contributed by atoms with Gasteiger partial charge in [0.2, 0.25) is 0 Å². The van der Waals surface area contributed by atoms with Crippen LogP contribution in [0.3, 0.4) is 0 Å². The van der Waals surface area contributed by atoms with Gasteiger partial charge < -0.3 is 5.73 Å². The van der Waals surface area contributed by atoms with Crippen LogP contribution in [0.15, 0.2) is 36.5 Å². The van der Waals surface area contributed by atoms with Gasteiger partial charge in [-0.1, -0.05) is 29.8 Å². The average molecular weight is 287 g/mol. The molecule has 3 rings (SSSR count). The minimum atomic E-state index is 0.504. The molecule has 0 saturated carbocycles. The van der Waals surface area contributed by atoms with Crippen molar-refractivity contribution in [3.63, 3.8) is 0 Å². The Morgan fingerprint density at radius 3 is 2.90 bits per heavy atom. The number of aryl methyl sites for hydroxylation is 1. The van der Waals surface area contributed by atoms with Crippen molar-refractivity contribution in [1.82, 2.24) is 14.8 Å². The molecule has 4 nitrogen and oxygen atoms in total. The van der Waals surface area contributed by atoms with Crippen LogP contribution in [-0.2, 0) is 13.0 Å². The molecule has 0 fully saturated rings. The van der Waals surface area contributed by atoms with E-state index in [1.165, 1.54) is 0 Å². The van der Waals surface area contributed by atoms with Crippen LogP contribution in [0.2, 0.25) is 5.02 Å². The third-order valence-corrected chi connectivity index (χ3v) is 3.57. The highest BCUT2D eigenvalue weighted by molar-refractivity contribution is 6.30. The van der Waals surface area contributed by atoms with Crippen molar-refractivity contribution in [2.75, 3.05) is 5.73 Å². The van der Waals surface area contributed by atoms with Gasteiger partial charge in [-0.2, -0.15) is 5.10 Å². The van der Waals surface area contributed by atoms with Gasteiger partial charge in [-0.3, -0.25) is 4.68 Å². The number of nitrogens with two attached hydrogens (primary N) is 1. The highest BCUT2D eigenvalue weighted by atomic mass is 35.5. The zero-order valence-electron chi connectivity index (χ0n) is 11.2. The lowest BCUT2D eigenvalue weighted by Crippen LogP contribution is -2.01. The highest BCUT2D eigenvalue weighted by Gasteiger charge is 2.12. The molecule has 0 amide bonds. The minimum absolute atomic E-state index is 0.504. The summed E-state index contributed by atoms with van der Waals surface area (Å²) in [5.41, 5.74) is 8.96. The largest absolute Gasteiger partial charge is 0.383 e. The lowest BCUT2D eigenvalue weighted by molar-refractivity contribution is 0.672. The molecule has 0 aliphatic heterocycles. The Morgan fingerprint density at radius 2 is 2.10 bits per heavy atom. The summed E-state index contributed by atoms with van der Waals surface area (Å²) in [6.07, 6.45) is 2.19. The van der Waals surface area contributed by atoms with E-state index in [0.717, 1.165) is 28.7 Å². The fraction of sp³-hybridized carbons (Fsp3) is 0.200. The van der Waals surface area contributed by atoms with E-state index in [1.807, 2.05) is 22.9 Å². The number of halogens is 1. The summed E-state index contributed by atoms with van der Waals surface area (Å²) in [7, 11) is 0. The van der Waals surface area contributed by atoms with Gasteiger partial charge >= 0.3 is 0 Å². The molecular formula is C15H15ClN4. The molecule has 0 aliphatic carbocycles. The van der Waals surface area contributed by atoms with E-state index in [4.69, 9.17) is 17.3 Å². The lowest BCUT2D eigenvalue weighted by Gasteiger charge is -2.03. The Labute approximate surface area is 122 Å². The fourth-order valence-corrected chi connectivity index (χ4v) is 2.56. The zero-order chi connectivity index (χ0) is 14.1. The molecule has 3 aromatic rings. The molecule has 0 bridgehead atoms. The molecule has 0 unspecified atom stereocenters. The molecule has 0 atom stereocenters. The molecule has 0 aliphatic rings. The Morgan fingerprint density at radius 1 is 1.30 bits per heavy atom. The van der Waals surface area contributed by atoms with Crippen LogP contribution >= 0.6 is 11.6 Å². The van der Waals surface area contributed by atoms with Crippen LogP contribution in [0, 0.1) is 0 Å². The van der Waals surface area contributed by atoms with Crippen molar-refractivity contribution in [2.24, 2.45) is 0 Å². The van der Waals surface area contributed by atoms with Gasteiger partial charge in [-0.15, -0.1) is 0 Å². The van der Waals surface area contributed by atoms with Crippen molar-refractivity contribution in [1.29, 1.82) is 0 Å². The summed E-state index contributed by atoms with van der Waals surface area (Å²) in [6.45, 7) is 2.92. The highest BCUT2D eigenvalue weighted by Crippen LogP contribution is 2.24. The first-order valence-electron chi connectivity index (χ1n) is 6.53. The van der Waals surface area contributed by atoms with Gasteiger partial charge in [-0.25, -0.2) is 4.98 Å². The van der Waals surface area contributed by atoms with E-state index in [1.54, 1.807) is 6.20 Å². The zero-order valence-corrected chi connectivity index (χ0v) is 11.9. The maximum Gasteiger partial charge on any atom is 0.127 e. The molecule has 0 radical (unpaired) electrons. The normalized spacial score (nSPS) is 11.1. The average Bonchev–Trinajstić information content (AvgIpc) is 2.81. The second-order valence-corrected chi connectivity index (χ2v) is 5.09. The Kier molecular flexibility index (Phi) is 3.32. The third kappa shape index (κ3) is 2.23. The molecule has 0 saturated heterocycles. The van der Waals surface area contributed by atoms with Crippen LogP contribution < -0.4 is 5.73 Å². The predicted molar refractivity (Wildman–Crippen MR) is 81.9 cm³/mol. The second-order valence-electron chi connectivity index (χ2n) is 4.65. The summed E-state index contributed by atoms with van der Waals surface area (Å²) in [4.78, 5) is 4.09. The molecule has 102 valence electrons. The van der Waals surface area contributed by atoms with Gasteiger partial charge in [0.25, 0.3) is 0 Å². The number of rotatable bonds is 3. The van der Waals surface area contributed by atoms with E-state index in [2.05, 4.69) is 29.1 Å². The lowest BCUT2D eigenvalue weighted by atomic mass is 10.1. The number of anilines is 1. The number of hydrogen-bond acceptors (Lipinski definition) is 3. The van der Waals surface area contributed by atoms with Gasteiger partial charge in [0.05, 0.1) is 16.2 Å². The Hall–Kier alpha value is -2.07. The van der Waals surface area contributed by atoms with Crippen LogP contribution in [0.5, 0.6) is 0 Å². The summed E-state index contributed by atoms with van der Waals surface area (Å²) in [5.74, 6) is 0.504. The fourth-order valence-electron chi connectivity index (χ4n) is 2.38. The topological polar surface area (TPSA) is 56.7 Å². The number of benzene rings is 1. The minimum Gasteiger partial charge on any atom is -0.383 e. The number of para-hydroxylation sites is 1. The van der Waals surface area contributed by atoms with Gasteiger partial charge in [0.1, 0.15) is 5.82 Å². The summed E-state index contributed by atoms with van der Waals surface area (Å²) in [5, 5.41) is 6.40. The molecule has 5 heteroatoms. The molecule has 1 aromatic carbocycles. The molecule has 2 heterocycles. The summed E-state index contributed by atoms with van der Waals surface area (Å²) < 4.78 is 2.00. The van der Waals surface area contributed by atoms with Gasteiger partial charge in [-0.05, 0) is 19.1 Å². The van der Waals surface area contributed by atoms with Crippen LogP contribution in [-0.4, -0.2) is 14.8 Å². The number of nitrogens with zero attached hydrogens (tertiary/aromatic N) is 3. The number of pyridine rings is 1. The Balaban J connectivity index is 2.09. The number of aromatic nitrogens is 3. The van der Waals surface area contributed by atoms with Crippen molar-refractivity contribution in [3.05, 3.63) is 52.8 Å². The first-order chi connectivity index (χ1) is 9.69. The van der Waals surface area contributed by atoms with Crippen molar-refractivity contribution in [3.8, 4) is 0 Å². The quantitative estimate of drug-likeness (QED) is 0.804. The predicted octanol–water partition coefficient (Wildman–Crippen LogP) is 3.28. The van der Waals surface area contributed by atoms with Gasteiger partial charge in [0.15, 0.2) is 0 Å².